The van der Waals surface area contributed by atoms with Crippen molar-refractivity contribution in [3.05, 3.63) is 30.3 Å². The van der Waals surface area contributed by atoms with Crippen molar-refractivity contribution >= 4 is 11.6 Å². The van der Waals surface area contributed by atoms with E-state index in [1.54, 1.807) is 0 Å². The summed E-state index contributed by atoms with van der Waals surface area (Å²) in [6.07, 6.45) is 0. The molecule has 1 saturated carbocycles. The van der Waals surface area contributed by atoms with Crippen LogP contribution in [0.4, 0.5) is 45.2 Å². The minimum Gasteiger partial charge on any atom is -0.323 e. The molecule has 0 aromatic heterocycles. The molecule has 0 radical (unpaired) electrons. The van der Waals surface area contributed by atoms with Gasteiger partial charge in [-0.3, -0.25) is 4.79 Å². The zero-order valence-corrected chi connectivity index (χ0v) is 10.7. The Hall–Kier alpha value is -1.94. The zero-order valence-electron chi connectivity index (χ0n) is 10.7. The molecule has 1 aliphatic rings. The van der Waals surface area contributed by atoms with Crippen LogP contribution >= 0.6 is 0 Å². The van der Waals surface area contributed by atoms with E-state index in [2.05, 4.69) is 0 Å². The van der Waals surface area contributed by atoms with E-state index in [4.69, 9.17) is 0 Å². The predicted molar refractivity (Wildman–Crippen MR) is 58.7 cm³/mol. The fourth-order valence-electron chi connectivity index (χ4n) is 2.05. The minimum atomic E-state index is -6.77. The molecule has 1 N–H and O–H groups in total. The number of nitrogens with one attached hydrogen (secondary N) is 1. The lowest BCUT2D eigenvalue weighted by Crippen LogP contribution is -2.62. The van der Waals surface area contributed by atoms with Gasteiger partial charge in [0.05, 0.1) is 0 Å². The van der Waals surface area contributed by atoms with E-state index in [1.165, 1.54) is 11.4 Å². The number of para-hydroxylation sites is 1. The Bertz CT molecular complexity index is 603. The third-order valence-electron chi connectivity index (χ3n) is 3.39. The molecule has 2 rings (SSSR count). The van der Waals surface area contributed by atoms with Crippen molar-refractivity contribution in [1.29, 1.82) is 0 Å². The van der Waals surface area contributed by atoms with Gasteiger partial charge in [0.2, 0.25) is 0 Å². The lowest BCUT2D eigenvalue weighted by molar-refractivity contribution is -0.303. The average molecular weight is 351 g/mol. The number of amides is 1. The number of alkyl halides is 9. The van der Waals surface area contributed by atoms with E-state index in [0.717, 1.165) is 24.3 Å². The van der Waals surface area contributed by atoms with Crippen LogP contribution in [0.2, 0.25) is 0 Å². The summed E-state index contributed by atoms with van der Waals surface area (Å²) in [4.78, 5) is 11.4. The summed E-state index contributed by atoms with van der Waals surface area (Å²) in [6, 6.07) is 5.50. The Morgan fingerprint density at radius 1 is 0.696 bits per heavy atom. The van der Waals surface area contributed by atoms with Crippen molar-refractivity contribution < 1.29 is 44.3 Å². The molecule has 128 valence electrons. The van der Waals surface area contributed by atoms with E-state index >= 15 is 0 Å². The van der Waals surface area contributed by atoms with E-state index in [0.29, 0.717) is 0 Å². The van der Waals surface area contributed by atoms with Gasteiger partial charge < -0.3 is 5.32 Å². The fraction of sp³-hybridized carbons (Fsp3) is 0.417. The molecule has 0 bridgehead atoms. The van der Waals surface area contributed by atoms with E-state index in [1.807, 2.05) is 0 Å². The van der Waals surface area contributed by atoms with Crippen molar-refractivity contribution in [2.45, 2.75) is 29.4 Å². The molecule has 0 aliphatic heterocycles. The maximum absolute atomic E-state index is 14.1. The molecule has 0 unspecified atom stereocenters. The molecular weight excluding hydrogens is 345 g/mol. The van der Waals surface area contributed by atoms with Gasteiger partial charge in [-0.1, -0.05) is 18.2 Å². The first-order valence-corrected chi connectivity index (χ1v) is 5.82. The van der Waals surface area contributed by atoms with Crippen LogP contribution in [-0.2, 0) is 4.79 Å². The van der Waals surface area contributed by atoms with Crippen LogP contribution in [0, 0.1) is 0 Å². The van der Waals surface area contributed by atoms with Gasteiger partial charge >= 0.3 is 29.4 Å². The molecule has 2 nitrogen and oxygen atoms in total. The summed E-state index contributed by atoms with van der Waals surface area (Å²) in [7, 11) is 0. The monoisotopic (exact) mass is 351 g/mol. The molecule has 1 aromatic carbocycles. The first kappa shape index (κ1) is 17.4. The van der Waals surface area contributed by atoms with Crippen LogP contribution in [0.15, 0.2) is 30.3 Å². The van der Waals surface area contributed by atoms with Gasteiger partial charge in [-0.05, 0) is 12.1 Å². The van der Waals surface area contributed by atoms with E-state index < -0.39 is 41.0 Å². The Morgan fingerprint density at radius 2 is 1.09 bits per heavy atom. The molecule has 23 heavy (non-hydrogen) atoms. The number of anilines is 1. The first-order valence-electron chi connectivity index (χ1n) is 5.82. The summed E-state index contributed by atoms with van der Waals surface area (Å²) in [5.41, 5.74) is -6.68. The molecule has 0 spiro atoms. The summed E-state index contributed by atoms with van der Waals surface area (Å²) >= 11 is 0. The second kappa shape index (κ2) is 4.54. The van der Waals surface area contributed by atoms with Crippen molar-refractivity contribution in [3.63, 3.8) is 0 Å². The minimum absolute atomic E-state index is 0.528. The molecule has 0 saturated heterocycles. The summed E-state index contributed by atoms with van der Waals surface area (Å²) < 4.78 is 120. The lowest BCUT2D eigenvalue weighted by atomic mass is 9.95. The first-order chi connectivity index (χ1) is 10.2. The number of rotatable bonds is 2. The highest BCUT2D eigenvalue weighted by atomic mass is 19.4. The van der Waals surface area contributed by atoms with Crippen molar-refractivity contribution in [2.24, 2.45) is 0 Å². The summed E-state index contributed by atoms with van der Waals surface area (Å²) in [5, 5.41) is 1.17. The predicted octanol–water partition coefficient (Wildman–Crippen LogP) is 3.89. The Kier molecular flexibility index (Phi) is 3.44. The lowest BCUT2D eigenvalue weighted by Gasteiger charge is -2.29. The van der Waals surface area contributed by atoms with Crippen molar-refractivity contribution in [2.75, 3.05) is 5.32 Å². The van der Waals surface area contributed by atoms with Gasteiger partial charge in [-0.15, -0.1) is 0 Å². The molecule has 1 amide bonds. The number of benzene rings is 1. The highest BCUT2D eigenvalue weighted by molar-refractivity contribution is 6.00. The molecule has 11 heteroatoms. The highest BCUT2D eigenvalue weighted by Gasteiger charge is 3.02. The van der Waals surface area contributed by atoms with Crippen LogP contribution in [0.25, 0.3) is 0 Å². The van der Waals surface area contributed by atoms with Crippen molar-refractivity contribution in [3.8, 4) is 0 Å². The van der Waals surface area contributed by atoms with Gasteiger partial charge in [-0.2, -0.15) is 35.1 Å². The Morgan fingerprint density at radius 3 is 1.48 bits per heavy atom. The third kappa shape index (κ3) is 1.75. The van der Waals surface area contributed by atoms with Crippen LogP contribution in [0.3, 0.4) is 0 Å². The van der Waals surface area contributed by atoms with Crippen LogP contribution in [-0.4, -0.2) is 35.3 Å². The summed E-state index contributed by atoms with van der Waals surface area (Å²) in [5.74, 6) is -29.8. The second-order valence-corrected chi connectivity index (χ2v) is 4.78. The van der Waals surface area contributed by atoms with Crippen LogP contribution in [0.5, 0.6) is 0 Å². The van der Waals surface area contributed by atoms with Gasteiger partial charge in [0.1, 0.15) is 0 Å². The van der Waals surface area contributed by atoms with Crippen molar-refractivity contribution in [1.82, 2.24) is 0 Å². The van der Waals surface area contributed by atoms with Crippen LogP contribution in [0.1, 0.15) is 0 Å². The highest BCUT2D eigenvalue weighted by Crippen LogP contribution is 2.69. The average Bonchev–Trinajstić information content (AvgIpc) is 2.50. The second-order valence-electron chi connectivity index (χ2n) is 4.78. The molecule has 1 aromatic rings. The molecule has 1 aliphatic carbocycles. The standard InChI is InChI=1S/C12H6F9NO/c13-8(7(23)22-6-4-2-1-3-5-6)9(14,15)11(18,19)12(20,21)10(8,16)17/h1-5H,(H,22,23). The zero-order chi connectivity index (χ0) is 17.9. The van der Waals surface area contributed by atoms with Crippen LogP contribution < -0.4 is 5.32 Å². The molecule has 1 fully saturated rings. The molecule has 0 heterocycles. The normalized spacial score (nSPS) is 25.8. The number of carbonyl (C=O) groups excluding carboxylic acids is 1. The van der Waals surface area contributed by atoms with Gasteiger partial charge in [0.15, 0.2) is 0 Å². The topological polar surface area (TPSA) is 29.1 Å². The number of hydrogen-bond donors (Lipinski definition) is 1. The largest absolute Gasteiger partial charge is 0.382 e. The summed E-state index contributed by atoms with van der Waals surface area (Å²) in [6.45, 7) is 0. The molecule has 0 atom stereocenters. The Balaban J connectivity index is 2.56. The molecular formula is C12H6F9NO. The van der Waals surface area contributed by atoms with Gasteiger partial charge in [0.25, 0.3) is 5.91 Å². The van der Waals surface area contributed by atoms with E-state index in [-0.39, 0.29) is 0 Å². The maximum atomic E-state index is 14.1. The fourth-order valence-corrected chi connectivity index (χ4v) is 2.05. The van der Waals surface area contributed by atoms with Gasteiger partial charge in [-0.25, -0.2) is 4.39 Å². The van der Waals surface area contributed by atoms with Gasteiger partial charge in [0, 0.05) is 5.69 Å². The smallest absolute Gasteiger partial charge is 0.323 e. The number of carbonyl (C=O) groups is 1. The maximum Gasteiger partial charge on any atom is 0.382 e. The number of hydrogen-bond acceptors (Lipinski definition) is 1. The Labute approximate surface area is 122 Å². The van der Waals surface area contributed by atoms with E-state index in [9.17, 15) is 44.3 Å². The SMILES string of the molecule is O=C(Nc1ccccc1)C1(F)C(F)(F)C(F)(F)C(F)(F)C1(F)F. The third-order valence-corrected chi connectivity index (χ3v) is 3.39. The quantitative estimate of drug-likeness (QED) is 0.805. The number of halogens is 9.